The molecule has 2 fully saturated rings. The number of aryl methyl sites for hydroxylation is 1. The van der Waals surface area contributed by atoms with Crippen LogP contribution in [0.3, 0.4) is 0 Å². The van der Waals surface area contributed by atoms with Crippen molar-refractivity contribution in [3.63, 3.8) is 0 Å². The summed E-state index contributed by atoms with van der Waals surface area (Å²) in [4.78, 5) is 9.82. The molecule has 0 spiro atoms. The third kappa shape index (κ3) is 3.11. The van der Waals surface area contributed by atoms with E-state index < -0.39 is 0 Å². The molecule has 0 atom stereocenters. The average Bonchev–Trinajstić information content (AvgIpc) is 3.11. The Morgan fingerprint density at radius 1 is 1.08 bits per heavy atom. The van der Waals surface area contributed by atoms with Crippen molar-refractivity contribution < 1.29 is 0 Å². The van der Waals surface area contributed by atoms with Crippen LogP contribution in [0.4, 0.5) is 5.82 Å². The first kappa shape index (κ1) is 15.8. The van der Waals surface area contributed by atoms with Crippen LogP contribution in [0.1, 0.15) is 51.1 Å². The predicted octanol–water partition coefficient (Wildman–Crippen LogP) is 2.53. The second kappa shape index (κ2) is 7.05. The topological polar surface area (TPSA) is 49.6 Å². The Labute approximate surface area is 143 Å². The summed E-state index contributed by atoms with van der Waals surface area (Å²) in [5.74, 6) is 1.93. The highest BCUT2D eigenvalue weighted by atomic mass is 15.4. The Morgan fingerprint density at radius 2 is 1.88 bits per heavy atom. The molecule has 0 radical (unpaired) electrons. The first-order valence-corrected chi connectivity index (χ1v) is 9.54. The number of anilines is 1. The van der Waals surface area contributed by atoms with Crippen LogP contribution in [0, 0.1) is 0 Å². The van der Waals surface area contributed by atoms with Gasteiger partial charge in [0.05, 0.1) is 0 Å². The summed E-state index contributed by atoms with van der Waals surface area (Å²) in [7, 11) is 0. The molecule has 0 aromatic carbocycles. The smallest absolute Gasteiger partial charge is 0.256 e. The Bertz CT molecular complexity index is 667. The molecule has 0 amide bonds. The first-order valence-electron chi connectivity index (χ1n) is 9.54. The second-order valence-electron chi connectivity index (χ2n) is 7.17. The molecule has 0 N–H and O–H groups in total. The number of fused-ring (bicyclic) bond motifs is 1. The lowest BCUT2D eigenvalue weighted by Crippen LogP contribution is -2.51. The molecule has 1 aliphatic heterocycles. The molecule has 1 saturated carbocycles. The van der Waals surface area contributed by atoms with Gasteiger partial charge in [-0.1, -0.05) is 32.6 Å². The summed E-state index contributed by atoms with van der Waals surface area (Å²) in [6.07, 6.45) is 10.9. The molecule has 0 unspecified atom stereocenters. The fraction of sp³-hybridized carbons (Fsp3) is 0.722. The van der Waals surface area contributed by atoms with Gasteiger partial charge in [0.15, 0.2) is 0 Å². The van der Waals surface area contributed by atoms with Gasteiger partial charge in [-0.05, 0) is 19.3 Å². The molecule has 2 aromatic rings. The van der Waals surface area contributed by atoms with E-state index >= 15 is 0 Å². The molecule has 3 heterocycles. The molecule has 1 aliphatic carbocycles. The molecular formula is C18H28N6. The van der Waals surface area contributed by atoms with E-state index in [1.54, 1.807) is 6.33 Å². The maximum Gasteiger partial charge on any atom is 0.256 e. The van der Waals surface area contributed by atoms with Gasteiger partial charge >= 0.3 is 0 Å². The molecular weight excluding hydrogens is 300 g/mol. The minimum Gasteiger partial charge on any atom is -0.355 e. The molecule has 1 saturated heterocycles. The fourth-order valence-electron chi connectivity index (χ4n) is 4.24. The van der Waals surface area contributed by atoms with Crippen LogP contribution in [0.15, 0.2) is 12.4 Å². The SMILES string of the molecule is CCCc1cc(N2CCN(C3CCCCC3)CC2)n2cnnc2n1. The highest BCUT2D eigenvalue weighted by Crippen LogP contribution is 2.25. The van der Waals surface area contributed by atoms with Crippen molar-refractivity contribution in [2.24, 2.45) is 0 Å². The van der Waals surface area contributed by atoms with Crippen molar-refractivity contribution in [1.29, 1.82) is 0 Å². The minimum atomic E-state index is 0.727. The summed E-state index contributed by atoms with van der Waals surface area (Å²) < 4.78 is 2.04. The quantitative estimate of drug-likeness (QED) is 0.863. The summed E-state index contributed by atoms with van der Waals surface area (Å²) in [6, 6.07) is 3.06. The summed E-state index contributed by atoms with van der Waals surface area (Å²) in [5, 5.41) is 8.23. The van der Waals surface area contributed by atoms with Gasteiger partial charge in [0.25, 0.3) is 5.78 Å². The van der Waals surface area contributed by atoms with Crippen LogP contribution >= 0.6 is 0 Å². The van der Waals surface area contributed by atoms with E-state index in [1.165, 1.54) is 51.0 Å². The zero-order chi connectivity index (χ0) is 16.4. The highest BCUT2D eigenvalue weighted by molar-refractivity contribution is 5.48. The van der Waals surface area contributed by atoms with Crippen LogP contribution in [0.5, 0.6) is 0 Å². The maximum absolute atomic E-state index is 4.62. The summed E-state index contributed by atoms with van der Waals surface area (Å²) in [6.45, 7) is 6.69. The predicted molar refractivity (Wildman–Crippen MR) is 95.4 cm³/mol. The Hall–Kier alpha value is -1.69. The van der Waals surface area contributed by atoms with E-state index in [0.717, 1.165) is 43.4 Å². The van der Waals surface area contributed by atoms with Gasteiger partial charge in [0.1, 0.15) is 12.1 Å². The molecule has 24 heavy (non-hydrogen) atoms. The third-order valence-corrected chi connectivity index (χ3v) is 5.55. The first-order chi connectivity index (χ1) is 11.8. The largest absolute Gasteiger partial charge is 0.355 e. The zero-order valence-electron chi connectivity index (χ0n) is 14.7. The lowest BCUT2D eigenvalue weighted by molar-refractivity contribution is 0.147. The van der Waals surface area contributed by atoms with Gasteiger partial charge in [-0.2, -0.15) is 0 Å². The van der Waals surface area contributed by atoms with Gasteiger partial charge in [-0.3, -0.25) is 9.30 Å². The van der Waals surface area contributed by atoms with Crippen molar-refractivity contribution >= 4 is 11.6 Å². The second-order valence-corrected chi connectivity index (χ2v) is 7.17. The molecule has 6 nitrogen and oxygen atoms in total. The van der Waals surface area contributed by atoms with Crippen molar-refractivity contribution in [3.05, 3.63) is 18.1 Å². The van der Waals surface area contributed by atoms with Crippen LogP contribution < -0.4 is 4.90 Å². The van der Waals surface area contributed by atoms with Crippen LogP contribution in [-0.4, -0.2) is 56.7 Å². The van der Waals surface area contributed by atoms with E-state index in [2.05, 4.69) is 38.0 Å². The summed E-state index contributed by atoms with van der Waals surface area (Å²) >= 11 is 0. The lowest BCUT2D eigenvalue weighted by atomic mass is 9.94. The van der Waals surface area contributed by atoms with E-state index in [9.17, 15) is 0 Å². The van der Waals surface area contributed by atoms with E-state index in [-0.39, 0.29) is 0 Å². The highest BCUT2D eigenvalue weighted by Gasteiger charge is 2.26. The standard InChI is InChI=1S/C18H28N6/c1-2-6-15-13-17(24-14-19-21-18(24)20-15)23-11-9-22(10-12-23)16-7-4-3-5-8-16/h13-14,16H,2-12H2,1H3. The van der Waals surface area contributed by atoms with Gasteiger partial charge in [-0.25, -0.2) is 4.98 Å². The van der Waals surface area contributed by atoms with Crippen molar-refractivity contribution in [1.82, 2.24) is 24.5 Å². The van der Waals surface area contributed by atoms with Gasteiger partial charge < -0.3 is 4.90 Å². The van der Waals surface area contributed by atoms with E-state index in [4.69, 9.17) is 0 Å². The molecule has 130 valence electrons. The monoisotopic (exact) mass is 328 g/mol. The molecule has 2 aromatic heterocycles. The normalized spacial score (nSPS) is 20.8. The number of rotatable bonds is 4. The van der Waals surface area contributed by atoms with Crippen LogP contribution in [0.25, 0.3) is 5.78 Å². The van der Waals surface area contributed by atoms with E-state index in [1.807, 2.05) is 4.40 Å². The van der Waals surface area contributed by atoms with Gasteiger partial charge in [0.2, 0.25) is 0 Å². The Morgan fingerprint density at radius 3 is 2.62 bits per heavy atom. The molecule has 2 aliphatic rings. The third-order valence-electron chi connectivity index (χ3n) is 5.55. The van der Waals surface area contributed by atoms with Gasteiger partial charge in [0, 0.05) is 44.0 Å². The summed E-state index contributed by atoms with van der Waals surface area (Å²) in [5.41, 5.74) is 1.13. The van der Waals surface area contributed by atoms with E-state index in [0.29, 0.717) is 0 Å². The lowest BCUT2D eigenvalue weighted by Gasteiger charge is -2.41. The van der Waals surface area contributed by atoms with Crippen LogP contribution in [0.2, 0.25) is 0 Å². The Kier molecular flexibility index (Phi) is 4.65. The number of aromatic nitrogens is 4. The number of hydrogen-bond donors (Lipinski definition) is 0. The zero-order valence-corrected chi connectivity index (χ0v) is 14.7. The fourth-order valence-corrected chi connectivity index (χ4v) is 4.24. The maximum atomic E-state index is 4.62. The van der Waals surface area contributed by atoms with Crippen molar-refractivity contribution in [3.8, 4) is 0 Å². The molecule has 0 bridgehead atoms. The minimum absolute atomic E-state index is 0.727. The Balaban J connectivity index is 1.50. The van der Waals surface area contributed by atoms with Crippen molar-refractivity contribution in [2.75, 3.05) is 31.1 Å². The number of hydrogen-bond acceptors (Lipinski definition) is 5. The molecule has 6 heteroatoms. The van der Waals surface area contributed by atoms with Crippen molar-refractivity contribution in [2.45, 2.75) is 57.9 Å². The molecule has 4 rings (SSSR count). The number of nitrogens with zero attached hydrogens (tertiary/aromatic N) is 6. The number of piperazine rings is 1. The average molecular weight is 328 g/mol. The van der Waals surface area contributed by atoms with Gasteiger partial charge in [-0.15, -0.1) is 10.2 Å². The van der Waals surface area contributed by atoms with Crippen LogP contribution in [-0.2, 0) is 6.42 Å².